The maximum absolute atomic E-state index is 12.3. The predicted octanol–water partition coefficient (Wildman–Crippen LogP) is 4.47. The first-order chi connectivity index (χ1) is 12.8. The molecule has 4 nitrogen and oxygen atoms in total. The standard InChI is InChI=1S/C18H25Cl2F3N4/c1-2-24-17(25-8-7-18(21,22)23)26-14-5-9-27(10-6-14)12-13-3-4-15(19)16(20)11-13/h3-4,11,14H,2,5-10,12H2,1H3,(H2,24,25,26). The fourth-order valence-electron chi connectivity index (χ4n) is 2.94. The number of hydrogen-bond acceptors (Lipinski definition) is 2. The molecular formula is C18H25Cl2F3N4. The van der Waals surface area contributed by atoms with Crippen molar-refractivity contribution >= 4 is 29.2 Å². The van der Waals surface area contributed by atoms with Gasteiger partial charge in [0.05, 0.1) is 23.0 Å². The van der Waals surface area contributed by atoms with Crippen molar-refractivity contribution in [2.24, 2.45) is 4.99 Å². The largest absolute Gasteiger partial charge is 0.390 e. The Morgan fingerprint density at radius 3 is 2.52 bits per heavy atom. The monoisotopic (exact) mass is 424 g/mol. The molecule has 0 unspecified atom stereocenters. The molecule has 152 valence electrons. The number of benzene rings is 1. The van der Waals surface area contributed by atoms with Gasteiger partial charge in [-0.1, -0.05) is 29.3 Å². The van der Waals surface area contributed by atoms with E-state index in [-0.39, 0.29) is 12.6 Å². The minimum atomic E-state index is -4.18. The number of guanidine groups is 1. The Labute approximate surface area is 168 Å². The maximum atomic E-state index is 12.3. The number of hydrogen-bond donors (Lipinski definition) is 2. The van der Waals surface area contributed by atoms with Gasteiger partial charge < -0.3 is 10.6 Å². The number of halogens is 5. The molecule has 9 heteroatoms. The zero-order valence-corrected chi connectivity index (χ0v) is 16.8. The first-order valence-electron chi connectivity index (χ1n) is 9.04. The molecule has 1 aliphatic heterocycles. The van der Waals surface area contributed by atoms with E-state index >= 15 is 0 Å². The third-order valence-electron chi connectivity index (χ3n) is 4.33. The number of nitrogens with zero attached hydrogens (tertiary/aromatic N) is 2. The van der Waals surface area contributed by atoms with E-state index < -0.39 is 12.6 Å². The third-order valence-corrected chi connectivity index (χ3v) is 5.07. The smallest absolute Gasteiger partial charge is 0.357 e. The first kappa shape index (κ1) is 22.1. The Hall–Kier alpha value is -1.18. The van der Waals surface area contributed by atoms with E-state index in [1.54, 1.807) is 6.07 Å². The van der Waals surface area contributed by atoms with Crippen molar-refractivity contribution < 1.29 is 13.2 Å². The van der Waals surface area contributed by atoms with Crippen LogP contribution in [0.3, 0.4) is 0 Å². The summed E-state index contributed by atoms with van der Waals surface area (Å²) in [5.74, 6) is 0.449. The molecule has 0 aliphatic carbocycles. The quantitative estimate of drug-likeness (QED) is 0.522. The van der Waals surface area contributed by atoms with Crippen LogP contribution in [0.5, 0.6) is 0 Å². The van der Waals surface area contributed by atoms with Crippen molar-refractivity contribution in [1.82, 2.24) is 15.5 Å². The fourth-order valence-corrected chi connectivity index (χ4v) is 3.26. The number of aliphatic imine (C=N–C) groups is 1. The van der Waals surface area contributed by atoms with Gasteiger partial charge in [-0.3, -0.25) is 9.89 Å². The van der Waals surface area contributed by atoms with E-state index in [0.717, 1.165) is 38.0 Å². The van der Waals surface area contributed by atoms with Crippen LogP contribution in [-0.2, 0) is 6.54 Å². The van der Waals surface area contributed by atoms with Crippen molar-refractivity contribution in [3.05, 3.63) is 33.8 Å². The van der Waals surface area contributed by atoms with Gasteiger partial charge in [-0.15, -0.1) is 0 Å². The highest BCUT2D eigenvalue weighted by Crippen LogP contribution is 2.24. The summed E-state index contributed by atoms with van der Waals surface area (Å²) in [4.78, 5) is 6.36. The molecule has 1 aliphatic rings. The van der Waals surface area contributed by atoms with E-state index in [2.05, 4.69) is 20.5 Å². The lowest BCUT2D eigenvalue weighted by Crippen LogP contribution is -2.48. The van der Waals surface area contributed by atoms with Gasteiger partial charge in [0.1, 0.15) is 0 Å². The van der Waals surface area contributed by atoms with Crippen LogP contribution in [0, 0.1) is 0 Å². The normalized spacial score (nSPS) is 17.2. The Kier molecular flexibility index (Phi) is 8.51. The molecular weight excluding hydrogens is 400 g/mol. The van der Waals surface area contributed by atoms with Gasteiger partial charge in [-0.25, -0.2) is 0 Å². The second-order valence-corrected chi connectivity index (χ2v) is 7.38. The molecule has 0 saturated carbocycles. The zero-order valence-electron chi connectivity index (χ0n) is 15.3. The van der Waals surface area contributed by atoms with Crippen molar-refractivity contribution in [2.75, 3.05) is 26.2 Å². The van der Waals surface area contributed by atoms with Crippen LogP contribution in [0.15, 0.2) is 23.2 Å². The maximum Gasteiger partial charge on any atom is 0.390 e. The lowest BCUT2D eigenvalue weighted by atomic mass is 10.0. The lowest BCUT2D eigenvalue weighted by Gasteiger charge is -2.33. The summed E-state index contributed by atoms with van der Waals surface area (Å²) < 4.78 is 36.9. The lowest BCUT2D eigenvalue weighted by molar-refractivity contribution is -0.132. The first-order valence-corrected chi connectivity index (χ1v) is 9.80. The molecule has 0 spiro atoms. The second kappa shape index (κ2) is 10.4. The Balaban J connectivity index is 1.80. The molecule has 1 heterocycles. The molecule has 0 radical (unpaired) electrons. The number of alkyl halides is 3. The van der Waals surface area contributed by atoms with Crippen LogP contribution < -0.4 is 10.6 Å². The van der Waals surface area contributed by atoms with E-state index in [9.17, 15) is 13.2 Å². The average Bonchev–Trinajstić information content (AvgIpc) is 2.59. The molecule has 1 saturated heterocycles. The summed E-state index contributed by atoms with van der Waals surface area (Å²) in [7, 11) is 0. The molecule has 0 atom stereocenters. The molecule has 1 fully saturated rings. The summed E-state index contributed by atoms with van der Waals surface area (Å²) in [5.41, 5.74) is 1.11. The molecule has 1 aromatic rings. The molecule has 0 amide bonds. The van der Waals surface area contributed by atoms with Crippen LogP contribution in [0.25, 0.3) is 0 Å². The van der Waals surface area contributed by atoms with Gasteiger partial charge in [0.2, 0.25) is 0 Å². The zero-order chi connectivity index (χ0) is 19.9. The third kappa shape index (κ3) is 8.15. The Morgan fingerprint density at radius 1 is 1.22 bits per heavy atom. The van der Waals surface area contributed by atoms with E-state index in [1.165, 1.54) is 0 Å². The van der Waals surface area contributed by atoms with Crippen molar-refractivity contribution in [1.29, 1.82) is 0 Å². The average molecular weight is 425 g/mol. The van der Waals surface area contributed by atoms with Crippen LogP contribution in [-0.4, -0.2) is 49.3 Å². The summed E-state index contributed by atoms with van der Waals surface area (Å²) in [6.07, 6.45) is -3.31. The number of rotatable bonds is 6. The van der Waals surface area contributed by atoms with Crippen LogP contribution in [0.4, 0.5) is 13.2 Å². The minimum absolute atomic E-state index is 0.193. The molecule has 0 bridgehead atoms. The molecule has 2 N–H and O–H groups in total. The summed E-state index contributed by atoms with van der Waals surface area (Å²) in [5, 5.41) is 7.36. The van der Waals surface area contributed by atoms with Crippen LogP contribution in [0.1, 0.15) is 31.7 Å². The highest BCUT2D eigenvalue weighted by atomic mass is 35.5. The minimum Gasteiger partial charge on any atom is -0.357 e. The topological polar surface area (TPSA) is 39.7 Å². The van der Waals surface area contributed by atoms with Gasteiger partial charge in [-0.2, -0.15) is 13.2 Å². The SMILES string of the molecule is CCNC(=NCCC(F)(F)F)NC1CCN(Cc2ccc(Cl)c(Cl)c2)CC1. The predicted molar refractivity (Wildman–Crippen MR) is 105 cm³/mol. The van der Waals surface area contributed by atoms with Crippen LogP contribution >= 0.6 is 23.2 Å². The number of piperidine rings is 1. The second-order valence-electron chi connectivity index (χ2n) is 6.57. The van der Waals surface area contributed by atoms with Crippen molar-refractivity contribution in [3.63, 3.8) is 0 Å². The Bertz CT molecular complexity index is 630. The molecule has 0 aromatic heterocycles. The van der Waals surface area contributed by atoms with E-state index in [0.29, 0.717) is 22.5 Å². The fraction of sp³-hybridized carbons (Fsp3) is 0.611. The molecule has 2 rings (SSSR count). The van der Waals surface area contributed by atoms with Crippen LogP contribution in [0.2, 0.25) is 10.0 Å². The molecule has 27 heavy (non-hydrogen) atoms. The summed E-state index contributed by atoms with van der Waals surface area (Å²) in [6.45, 7) is 4.80. The number of likely N-dealkylation sites (tertiary alicyclic amines) is 1. The number of nitrogens with one attached hydrogen (secondary N) is 2. The van der Waals surface area contributed by atoms with Gasteiger partial charge in [-0.05, 0) is 37.5 Å². The van der Waals surface area contributed by atoms with Crippen molar-refractivity contribution in [3.8, 4) is 0 Å². The van der Waals surface area contributed by atoms with Crippen molar-refractivity contribution in [2.45, 2.75) is 44.9 Å². The molecule has 1 aromatic carbocycles. The van der Waals surface area contributed by atoms with Gasteiger partial charge in [0, 0.05) is 32.2 Å². The van der Waals surface area contributed by atoms with Gasteiger partial charge in [0.15, 0.2) is 5.96 Å². The van der Waals surface area contributed by atoms with E-state index in [1.807, 2.05) is 19.1 Å². The highest BCUT2D eigenvalue weighted by Gasteiger charge is 2.26. The Morgan fingerprint density at radius 2 is 1.93 bits per heavy atom. The summed E-state index contributed by atoms with van der Waals surface area (Å²) >= 11 is 12.0. The van der Waals surface area contributed by atoms with E-state index in [4.69, 9.17) is 23.2 Å². The van der Waals surface area contributed by atoms with Gasteiger partial charge >= 0.3 is 6.18 Å². The summed E-state index contributed by atoms with van der Waals surface area (Å²) in [6, 6.07) is 5.84. The van der Waals surface area contributed by atoms with Gasteiger partial charge in [0.25, 0.3) is 0 Å². The highest BCUT2D eigenvalue weighted by molar-refractivity contribution is 6.42.